The van der Waals surface area contributed by atoms with E-state index in [1.807, 2.05) is 13.8 Å². The van der Waals surface area contributed by atoms with Crippen LogP contribution in [0.2, 0.25) is 0 Å². The molecule has 0 aromatic heterocycles. The van der Waals surface area contributed by atoms with E-state index in [1.165, 1.54) is 5.56 Å². The topological polar surface area (TPSA) is 41.1 Å². The summed E-state index contributed by atoms with van der Waals surface area (Å²) in [7, 11) is 1.79. The molecule has 0 unspecified atom stereocenters. The normalized spacial score (nSPS) is 11.3. The minimum Gasteiger partial charge on any atom is -0.350 e. The molecule has 0 aliphatic heterocycles. The molecule has 3 nitrogen and oxygen atoms in total. The Morgan fingerprint density at radius 1 is 1.17 bits per heavy atom. The molecule has 0 fully saturated rings. The third-order valence-electron chi connectivity index (χ3n) is 3.21. The molecule has 0 aliphatic rings. The molecule has 1 aromatic rings. The van der Waals surface area contributed by atoms with E-state index in [0.29, 0.717) is 6.54 Å². The van der Waals surface area contributed by atoms with Crippen LogP contribution in [0.3, 0.4) is 0 Å². The molecule has 3 heteroatoms. The van der Waals surface area contributed by atoms with Crippen LogP contribution < -0.4 is 10.6 Å². The molecule has 0 saturated carbocycles. The molecular formula is C15H24N2O. The average Bonchev–Trinajstić information content (AvgIpc) is 2.38. The monoisotopic (exact) mass is 248 g/mol. The maximum absolute atomic E-state index is 11.9. The number of carbonyl (C=O) groups excluding carboxylic acids is 1. The predicted molar refractivity (Wildman–Crippen MR) is 75.4 cm³/mol. The summed E-state index contributed by atoms with van der Waals surface area (Å²) >= 11 is 0. The molecule has 0 saturated heterocycles. The van der Waals surface area contributed by atoms with Crippen LogP contribution >= 0.6 is 0 Å². The van der Waals surface area contributed by atoms with Gasteiger partial charge in [-0.05, 0) is 38.4 Å². The van der Waals surface area contributed by atoms with Gasteiger partial charge in [0.05, 0.1) is 5.54 Å². The molecule has 0 aliphatic carbocycles. The van der Waals surface area contributed by atoms with E-state index in [2.05, 4.69) is 41.8 Å². The maximum Gasteiger partial charge on any atom is 0.239 e. The molecule has 1 amide bonds. The number of hydrogen-bond donors (Lipinski definition) is 2. The van der Waals surface area contributed by atoms with Gasteiger partial charge in [-0.1, -0.05) is 37.6 Å². The number of hydrogen-bond acceptors (Lipinski definition) is 2. The number of nitrogens with one attached hydrogen (secondary N) is 2. The summed E-state index contributed by atoms with van der Waals surface area (Å²) in [5.74, 6) is 0.0163. The largest absolute Gasteiger partial charge is 0.350 e. The minimum atomic E-state index is -0.526. The van der Waals surface area contributed by atoms with Gasteiger partial charge in [0.1, 0.15) is 0 Å². The summed E-state index contributed by atoms with van der Waals surface area (Å²) in [5.41, 5.74) is 1.96. The molecule has 0 heterocycles. The highest BCUT2D eigenvalue weighted by molar-refractivity contribution is 5.85. The van der Waals surface area contributed by atoms with Gasteiger partial charge >= 0.3 is 0 Å². The number of amides is 1. The molecule has 1 aromatic carbocycles. The van der Waals surface area contributed by atoms with Gasteiger partial charge in [-0.15, -0.1) is 0 Å². The van der Waals surface area contributed by atoms with Crippen molar-refractivity contribution in [1.29, 1.82) is 0 Å². The van der Waals surface area contributed by atoms with Crippen LogP contribution in [0.15, 0.2) is 24.3 Å². The number of aryl methyl sites for hydroxylation is 1. The van der Waals surface area contributed by atoms with Crippen LogP contribution in [-0.2, 0) is 17.8 Å². The Balaban J connectivity index is 2.51. The summed E-state index contributed by atoms with van der Waals surface area (Å²) in [6.07, 6.45) is 2.27. The lowest BCUT2D eigenvalue weighted by molar-refractivity contribution is -0.126. The fraction of sp³-hybridized carbons (Fsp3) is 0.533. The van der Waals surface area contributed by atoms with Crippen molar-refractivity contribution in [2.24, 2.45) is 0 Å². The first-order chi connectivity index (χ1) is 8.49. The number of likely N-dealkylation sites (N-methyl/N-ethyl adjacent to an activating group) is 1. The van der Waals surface area contributed by atoms with Crippen molar-refractivity contribution >= 4 is 5.91 Å². The molecule has 1 rings (SSSR count). The van der Waals surface area contributed by atoms with E-state index in [-0.39, 0.29) is 5.91 Å². The Morgan fingerprint density at radius 2 is 1.72 bits per heavy atom. The SMILES string of the molecule is CCCc1ccc(CNC(=O)C(C)(C)NC)cc1. The zero-order valence-electron chi connectivity index (χ0n) is 11.8. The second-order valence-electron chi connectivity index (χ2n) is 5.12. The molecular weight excluding hydrogens is 224 g/mol. The fourth-order valence-electron chi connectivity index (χ4n) is 1.63. The Morgan fingerprint density at radius 3 is 2.22 bits per heavy atom. The van der Waals surface area contributed by atoms with Gasteiger partial charge in [0.15, 0.2) is 0 Å². The quantitative estimate of drug-likeness (QED) is 0.810. The van der Waals surface area contributed by atoms with E-state index in [9.17, 15) is 4.79 Å². The second-order valence-corrected chi connectivity index (χ2v) is 5.12. The van der Waals surface area contributed by atoms with Crippen LogP contribution in [0, 0.1) is 0 Å². The van der Waals surface area contributed by atoms with Crippen molar-refractivity contribution in [3.63, 3.8) is 0 Å². The summed E-state index contributed by atoms with van der Waals surface area (Å²) in [5, 5.41) is 5.93. The Bertz CT molecular complexity index is 382. The summed E-state index contributed by atoms with van der Waals surface area (Å²) in [6.45, 7) is 6.49. The minimum absolute atomic E-state index is 0.0163. The lowest BCUT2D eigenvalue weighted by Crippen LogP contribution is -2.50. The van der Waals surface area contributed by atoms with Gasteiger partial charge in [-0.2, -0.15) is 0 Å². The maximum atomic E-state index is 11.9. The van der Waals surface area contributed by atoms with E-state index >= 15 is 0 Å². The molecule has 0 atom stereocenters. The van der Waals surface area contributed by atoms with Crippen LogP contribution in [0.1, 0.15) is 38.3 Å². The van der Waals surface area contributed by atoms with Crippen LogP contribution in [0.4, 0.5) is 0 Å². The molecule has 0 spiro atoms. The lowest BCUT2D eigenvalue weighted by atomic mass is 10.0. The smallest absolute Gasteiger partial charge is 0.239 e. The van der Waals surface area contributed by atoms with Crippen molar-refractivity contribution < 1.29 is 4.79 Å². The summed E-state index contributed by atoms with van der Waals surface area (Å²) in [4.78, 5) is 11.9. The lowest BCUT2D eigenvalue weighted by Gasteiger charge is -2.22. The van der Waals surface area contributed by atoms with Crippen LogP contribution in [-0.4, -0.2) is 18.5 Å². The fourth-order valence-corrected chi connectivity index (χ4v) is 1.63. The van der Waals surface area contributed by atoms with E-state index < -0.39 is 5.54 Å². The van der Waals surface area contributed by atoms with Gasteiger partial charge in [-0.25, -0.2) is 0 Å². The zero-order chi connectivity index (χ0) is 13.6. The zero-order valence-corrected chi connectivity index (χ0v) is 11.8. The van der Waals surface area contributed by atoms with Gasteiger partial charge in [0, 0.05) is 6.54 Å². The number of rotatable bonds is 6. The first-order valence-corrected chi connectivity index (χ1v) is 6.54. The third-order valence-corrected chi connectivity index (χ3v) is 3.21. The first-order valence-electron chi connectivity index (χ1n) is 6.54. The Labute approximate surface area is 110 Å². The second kappa shape index (κ2) is 6.55. The summed E-state index contributed by atoms with van der Waals surface area (Å²) in [6, 6.07) is 8.43. The van der Waals surface area contributed by atoms with Gasteiger partial charge in [-0.3, -0.25) is 4.79 Å². The predicted octanol–water partition coefficient (Wildman–Crippen LogP) is 2.25. The highest BCUT2D eigenvalue weighted by Crippen LogP contribution is 2.07. The van der Waals surface area contributed by atoms with Crippen molar-refractivity contribution in [2.45, 2.75) is 45.7 Å². The van der Waals surface area contributed by atoms with Crippen molar-refractivity contribution in [3.05, 3.63) is 35.4 Å². The molecule has 2 N–H and O–H groups in total. The van der Waals surface area contributed by atoms with Crippen LogP contribution in [0.25, 0.3) is 0 Å². The van der Waals surface area contributed by atoms with Crippen molar-refractivity contribution in [3.8, 4) is 0 Å². The van der Waals surface area contributed by atoms with Crippen molar-refractivity contribution in [2.75, 3.05) is 7.05 Å². The van der Waals surface area contributed by atoms with E-state index in [1.54, 1.807) is 7.05 Å². The third kappa shape index (κ3) is 4.15. The molecule has 0 bridgehead atoms. The average molecular weight is 248 g/mol. The number of carbonyl (C=O) groups is 1. The highest BCUT2D eigenvalue weighted by Gasteiger charge is 2.24. The van der Waals surface area contributed by atoms with Gasteiger partial charge in [0.25, 0.3) is 0 Å². The van der Waals surface area contributed by atoms with E-state index in [0.717, 1.165) is 18.4 Å². The Hall–Kier alpha value is -1.35. The van der Waals surface area contributed by atoms with E-state index in [4.69, 9.17) is 0 Å². The summed E-state index contributed by atoms with van der Waals surface area (Å²) < 4.78 is 0. The van der Waals surface area contributed by atoms with Crippen molar-refractivity contribution in [1.82, 2.24) is 10.6 Å². The van der Waals surface area contributed by atoms with Crippen LogP contribution in [0.5, 0.6) is 0 Å². The van der Waals surface area contributed by atoms with Gasteiger partial charge in [0.2, 0.25) is 5.91 Å². The Kier molecular flexibility index (Phi) is 5.35. The first kappa shape index (κ1) is 14.7. The molecule has 100 valence electrons. The molecule has 0 radical (unpaired) electrons. The molecule has 18 heavy (non-hydrogen) atoms. The standard InChI is InChI=1S/C15H24N2O/c1-5-6-12-7-9-13(10-8-12)11-17-14(18)15(2,3)16-4/h7-10,16H,5-6,11H2,1-4H3,(H,17,18). The highest BCUT2D eigenvalue weighted by atomic mass is 16.2. The number of benzene rings is 1. The van der Waals surface area contributed by atoms with Gasteiger partial charge < -0.3 is 10.6 Å².